The summed E-state index contributed by atoms with van der Waals surface area (Å²) in [5.41, 5.74) is 0.907. The fraction of sp³-hybridized carbons (Fsp3) is 0.0870. The Labute approximate surface area is 185 Å². The molecular weight excluding hydrogens is 467 g/mol. The standard InChI is InChI=1S/C23H16BrFN2O4/c1-31-18-8-7-13(10-17(18)24)21(28)19-20(14-4-3-9-26-12-14)27(23(30)22(19)29)16-6-2-5-15(25)11-16/h2-12,20,28H,1H3/b21-19+. The first-order chi connectivity index (χ1) is 14.9. The maximum absolute atomic E-state index is 13.9. The minimum atomic E-state index is -0.976. The average molecular weight is 483 g/mol. The molecule has 1 amide bonds. The summed E-state index contributed by atoms with van der Waals surface area (Å²) in [4.78, 5) is 31.2. The molecule has 8 heteroatoms. The lowest BCUT2D eigenvalue weighted by molar-refractivity contribution is -0.132. The number of nitrogens with zero attached hydrogens (tertiary/aromatic N) is 2. The van der Waals surface area contributed by atoms with Gasteiger partial charge < -0.3 is 9.84 Å². The first kappa shape index (κ1) is 20.7. The highest BCUT2D eigenvalue weighted by atomic mass is 79.9. The molecule has 0 spiro atoms. The number of hydrogen-bond acceptors (Lipinski definition) is 5. The van der Waals surface area contributed by atoms with E-state index in [1.165, 1.54) is 42.5 Å². The van der Waals surface area contributed by atoms with Gasteiger partial charge in [0.25, 0.3) is 11.7 Å². The van der Waals surface area contributed by atoms with Crippen molar-refractivity contribution in [1.82, 2.24) is 4.98 Å². The van der Waals surface area contributed by atoms with Crippen molar-refractivity contribution in [3.05, 3.63) is 94.0 Å². The summed E-state index contributed by atoms with van der Waals surface area (Å²) in [5, 5.41) is 11.1. The summed E-state index contributed by atoms with van der Waals surface area (Å²) in [6.45, 7) is 0. The summed E-state index contributed by atoms with van der Waals surface area (Å²) in [5.74, 6) is -2.10. The van der Waals surface area contributed by atoms with Crippen LogP contribution >= 0.6 is 15.9 Å². The van der Waals surface area contributed by atoms with E-state index >= 15 is 0 Å². The summed E-state index contributed by atoms with van der Waals surface area (Å²) >= 11 is 3.36. The van der Waals surface area contributed by atoms with Crippen molar-refractivity contribution >= 4 is 39.1 Å². The van der Waals surface area contributed by atoms with Crippen molar-refractivity contribution in [2.75, 3.05) is 12.0 Å². The Morgan fingerprint density at radius 2 is 1.97 bits per heavy atom. The minimum Gasteiger partial charge on any atom is -0.507 e. The van der Waals surface area contributed by atoms with E-state index in [1.807, 2.05) is 0 Å². The zero-order valence-electron chi connectivity index (χ0n) is 16.3. The molecule has 1 aliphatic rings. The minimum absolute atomic E-state index is 0.112. The molecule has 1 aliphatic heterocycles. The van der Waals surface area contributed by atoms with Crippen LogP contribution in [0.4, 0.5) is 10.1 Å². The number of pyridine rings is 1. The molecule has 31 heavy (non-hydrogen) atoms. The first-order valence-corrected chi connectivity index (χ1v) is 10.0. The molecule has 1 aromatic heterocycles. The van der Waals surface area contributed by atoms with E-state index in [4.69, 9.17) is 4.74 Å². The molecule has 0 aliphatic carbocycles. The Hall–Kier alpha value is -3.52. The van der Waals surface area contributed by atoms with Gasteiger partial charge in [-0.15, -0.1) is 0 Å². The number of ketones is 1. The summed E-state index contributed by atoms with van der Waals surface area (Å²) in [6.07, 6.45) is 3.05. The molecule has 156 valence electrons. The summed E-state index contributed by atoms with van der Waals surface area (Å²) in [7, 11) is 1.51. The topological polar surface area (TPSA) is 79.7 Å². The predicted molar refractivity (Wildman–Crippen MR) is 116 cm³/mol. The second-order valence-corrected chi connectivity index (χ2v) is 7.64. The Morgan fingerprint density at radius 3 is 2.61 bits per heavy atom. The van der Waals surface area contributed by atoms with E-state index in [1.54, 1.807) is 36.5 Å². The van der Waals surface area contributed by atoms with Gasteiger partial charge >= 0.3 is 0 Å². The monoisotopic (exact) mass is 482 g/mol. The lowest BCUT2D eigenvalue weighted by Gasteiger charge is -2.25. The van der Waals surface area contributed by atoms with Gasteiger partial charge in [-0.05, 0) is 64.0 Å². The van der Waals surface area contributed by atoms with E-state index in [9.17, 15) is 19.1 Å². The fourth-order valence-corrected chi connectivity index (χ4v) is 4.09. The van der Waals surface area contributed by atoms with Crippen molar-refractivity contribution in [1.29, 1.82) is 0 Å². The van der Waals surface area contributed by atoms with Crippen LogP contribution in [0, 0.1) is 5.82 Å². The molecule has 0 bridgehead atoms. The van der Waals surface area contributed by atoms with Crippen molar-refractivity contribution in [3.8, 4) is 5.75 Å². The molecule has 1 atom stereocenters. The van der Waals surface area contributed by atoms with Crippen LogP contribution < -0.4 is 9.64 Å². The number of amides is 1. The number of benzene rings is 2. The van der Waals surface area contributed by atoms with Gasteiger partial charge in [0.1, 0.15) is 17.3 Å². The molecule has 1 saturated heterocycles. The van der Waals surface area contributed by atoms with E-state index in [2.05, 4.69) is 20.9 Å². The van der Waals surface area contributed by atoms with Crippen LogP contribution in [0.5, 0.6) is 5.75 Å². The third-order valence-corrected chi connectivity index (χ3v) is 5.58. The molecule has 2 aromatic carbocycles. The van der Waals surface area contributed by atoms with E-state index in [0.29, 0.717) is 21.3 Å². The maximum Gasteiger partial charge on any atom is 0.300 e. The molecule has 6 nitrogen and oxygen atoms in total. The average Bonchev–Trinajstić information content (AvgIpc) is 3.04. The fourth-order valence-electron chi connectivity index (χ4n) is 3.55. The summed E-state index contributed by atoms with van der Waals surface area (Å²) in [6, 6.07) is 12.5. The number of aliphatic hydroxyl groups excluding tert-OH is 1. The molecule has 1 unspecified atom stereocenters. The molecule has 1 N–H and O–H groups in total. The highest BCUT2D eigenvalue weighted by Crippen LogP contribution is 2.42. The van der Waals surface area contributed by atoms with Crippen LogP contribution in [0.25, 0.3) is 5.76 Å². The van der Waals surface area contributed by atoms with Crippen LogP contribution in [0.15, 0.2) is 77.0 Å². The predicted octanol–water partition coefficient (Wildman–Crippen LogP) is 4.62. The third kappa shape index (κ3) is 3.70. The normalized spacial score (nSPS) is 17.8. The SMILES string of the molecule is COc1ccc(/C(O)=C2\C(=O)C(=O)N(c3cccc(F)c3)C2c2cccnc2)cc1Br. The Bertz CT molecular complexity index is 1210. The van der Waals surface area contributed by atoms with Crippen LogP contribution in [0.2, 0.25) is 0 Å². The van der Waals surface area contributed by atoms with Gasteiger partial charge in [-0.25, -0.2) is 4.39 Å². The number of halogens is 2. The van der Waals surface area contributed by atoms with Gasteiger partial charge in [0.2, 0.25) is 0 Å². The lowest BCUT2D eigenvalue weighted by atomic mass is 9.96. The summed E-state index contributed by atoms with van der Waals surface area (Å²) < 4.78 is 19.7. The highest BCUT2D eigenvalue weighted by Gasteiger charge is 2.47. The maximum atomic E-state index is 13.9. The number of ether oxygens (including phenoxy) is 1. The van der Waals surface area contributed by atoms with Gasteiger partial charge in [-0.3, -0.25) is 19.5 Å². The van der Waals surface area contributed by atoms with Crippen molar-refractivity contribution in [3.63, 3.8) is 0 Å². The first-order valence-electron chi connectivity index (χ1n) is 9.22. The van der Waals surface area contributed by atoms with Crippen LogP contribution in [0.1, 0.15) is 17.2 Å². The Balaban J connectivity index is 1.93. The second-order valence-electron chi connectivity index (χ2n) is 6.78. The van der Waals surface area contributed by atoms with Crippen LogP contribution in [-0.4, -0.2) is 28.9 Å². The zero-order valence-corrected chi connectivity index (χ0v) is 17.8. The van der Waals surface area contributed by atoms with Gasteiger partial charge in [0, 0.05) is 23.6 Å². The van der Waals surface area contributed by atoms with Gasteiger partial charge in [-0.1, -0.05) is 12.1 Å². The van der Waals surface area contributed by atoms with E-state index in [-0.39, 0.29) is 17.0 Å². The molecule has 2 heterocycles. The quantitative estimate of drug-likeness (QED) is 0.333. The number of hydrogen-bond donors (Lipinski definition) is 1. The van der Waals surface area contributed by atoms with E-state index < -0.39 is 23.5 Å². The third-order valence-electron chi connectivity index (χ3n) is 4.96. The number of methoxy groups -OCH3 is 1. The number of rotatable bonds is 4. The number of aromatic nitrogens is 1. The van der Waals surface area contributed by atoms with Gasteiger partial charge in [0.05, 0.1) is 23.2 Å². The number of anilines is 1. The molecule has 4 rings (SSSR count). The van der Waals surface area contributed by atoms with Crippen molar-refractivity contribution in [2.45, 2.75) is 6.04 Å². The van der Waals surface area contributed by atoms with Crippen molar-refractivity contribution in [2.24, 2.45) is 0 Å². The Morgan fingerprint density at radius 1 is 1.16 bits per heavy atom. The molecular formula is C23H16BrFN2O4. The highest BCUT2D eigenvalue weighted by molar-refractivity contribution is 9.10. The molecule has 0 saturated carbocycles. The van der Waals surface area contributed by atoms with Crippen molar-refractivity contribution < 1.29 is 23.8 Å². The molecule has 1 fully saturated rings. The number of aliphatic hydroxyl groups is 1. The van der Waals surface area contributed by atoms with Gasteiger partial charge in [0.15, 0.2) is 0 Å². The van der Waals surface area contributed by atoms with Gasteiger partial charge in [-0.2, -0.15) is 0 Å². The smallest absolute Gasteiger partial charge is 0.300 e. The molecule has 0 radical (unpaired) electrons. The van der Waals surface area contributed by atoms with Crippen LogP contribution in [-0.2, 0) is 9.59 Å². The largest absolute Gasteiger partial charge is 0.507 e. The zero-order chi connectivity index (χ0) is 22.1. The van der Waals surface area contributed by atoms with Crippen LogP contribution in [0.3, 0.4) is 0 Å². The second kappa shape index (κ2) is 8.31. The number of carbonyl (C=O) groups is 2. The molecule has 3 aromatic rings. The number of carbonyl (C=O) groups excluding carboxylic acids is 2. The Kier molecular flexibility index (Phi) is 5.56. The van der Waals surface area contributed by atoms with E-state index in [0.717, 1.165) is 0 Å². The lowest BCUT2D eigenvalue weighted by Crippen LogP contribution is -2.29. The number of Topliss-reactive ketones (excluding diaryl/α,β-unsaturated/α-hetero) is 1.